The van der Waals surface area contributed by atoms with Crippen LogP contribution in [0.2, 0.25) is 0 Å². The van der Waals surface area contributed by atoms with Crippen molar-refractivity contribution in [3.8, 4) is 10.4 Å². The molecule has 186 valence electrons. The molecule has 1 aromatic carbocycles. The van der Waals surface area contributed by atoms with Gasteiger partial charge in [0.05, 0.1) is 33.9 Å². The predicted octanol–water partition coefficient (Wildman–Crippen LogP) is 3.99. The van der Waals surface area contributed by atoms with Crippen LogP contribution in [0.25, 0.3) is 10.4 Å². The van der Waals surface area contributed by atoms with E-state index in [1.54, 1.807) is 24.3 Å². The van der Waals surface area contributed by atoms with Crippen LogP contribution in [0.1, 0.15) is 61.9 Å². The van der Waals surface area contributed by atoms with Gasteiger partial charge in [-0.2, -0.15) is 0 Å². The van der Waals surface area contributed by atoms with E-state index in [1.807, 2.05) is 57.5 Å². The first kappa shape index (κ1) is 25.1. The number of hydrogen-bond donors (Lipinski definition) is 2. The summed E-state index contributed by atoms with van der Waals surface area (Å²) in [4.78, 5) is 33.7. The number of carbonyl (C=O) groups excluding carboxylic acids is 2. The van der Waals surface area contributed by atoms with Crippen LogP contribution >= 0.6 is 11.3 Å². The van der Waals surface area contributed by atoms with Gasteiger partial charge in [0, 0.05) is 19.0 Å². The van der Waals surface area contributed by atoms with Crippen molar-refractivity contribution in [3.05, 3.63) is 58.6 Å². The van der Waals surface area contributed by atoms with Crippen LogP contribution in [0.5, 0.6) is 0 Å². The van der Waals surface area contributed by atoms with E-state index in [0.717, 1.165) is 21.7 Å². The van der Waals surface area contributed by atoms with E-state index in [0.29, 0.717) is 11.5 Å². The molecule has 4 rings (SSSR count). The van der Waals surface area contributed by atoms with E-state index in [2.05, 4.69) is 15.5 Å². The van der Waals surface area contributed by atoms with Gasteiger partial charge in [-0.25, -0.2) is 4.98 Å². The summed E-state index contributed by atoms with van der Waals surface area (Å²) in [6.07, 6.45) is -0.551. The Morgan fingerprint density at radius 3 is 2.49 bits per heavy atom. The van der Waals surface area contributed by atoms with E-state index >= 15 is 0 Å². The molecule has 2 amide bonds. The Morgan fingerprint density at radius 2 is 1.91 bits per heavy atom. The lowest BCUT2D eigenvalue weighted by Gasteiger charge is -2.29. The second-order valence-electron chi connectivity index (χ2n) is 9.61. The largest absolute Gasteiger partial charge is 0.391 e. The maximum absolute atomic E-state index is 13.5. The molecule has 0 aliphatic carbocycles. The molecule has 2 aromatic heterocycles. The lowest BCUT2D eigenvalue weighted by atomic mass is 9.91. The number of hydrogen-bond acceptors (Lipinski definition) is 7. The average Bonchev–Trinajstić information content (AvgIpc) is 3.53. The van der Waals surface area contributed by atoms with Gasteiger partial charge in [-0.05, 0) is 37.8 Å². The zero-order valence-electron chi connectivity index (χ0n) is 20.7. The molecule has 2 unspecified atom stereocenters. The number of β-amino-alcohol motifs (C(OH)–C–C–N with tert-alkyl or cyclic N) is 1. The molecule has 0 spiro atoms. The molecular formula is C26H32N4O4S. The maximum Gasteiger partial charge on any atom is 0.243 e. The molecule has 3 heterocycles. The van der Waals surface area contributed by atoms with E-state index in [9.17, 15) is 14.7 Å². The standard InChI is InChI=1S/C26H32N4O4S/c1-14(2)23(22-10-15(3)29-34-22)26(33)30-12-20(31)11-21(30)25(32)28-16(4)18-6-8-19(9-7-18)24-17(5)27-13-35-24/h6-10,13-14,16,20-21,23,31H,11-12H2,1-5H3,(H,28,32)/t16-,20+,21?,23?/m0/s1. The first-order valence-electron chi connectivity index (χ1n) is 11.9. The highest BCUT2D eigenvalue weighted by atomic mass is 32.1. The van der Waals surface area contributed by atoms with Crippen LogP contribution in [0.15, 0.2) is 40.4 Å². The Bertz CT molecular complexity index is 1190. The van der Waals surface area contributed by atoms with Crippen LogP contribution in [-0.4, -0.2) is 50.7 Å². The lowest BCUT2D eigenvalue weighted by molar-refractivity contribution is -0.141. The number of aliphatic hydroxyl groups is 1. The second kappa shape index (κ2) is 10.3. The van der Waals surface area contributed by atoms with Gasteiger partial charge in [0.1, 0.15) is 17.7 Å². The summed E-state index contributed by atoms with van der Waals surface area (Å²) in [7, 11) is 0. The Balaban J connectivity index is 1.47. The minimum absolute atomic E-state index is 0.0593. The smallest absolute Gasteiger partial charge is 0.243 e. The fourth-order valence-corrected chi connectivity index (χ4v) is 5.46. The third kappa shape index (κ3) is 5.31. The number of likely N-dealkylation sites (tertiary alicyclic amines) is 1. The predicted molar refractivity (Wildman–Crippen MR) is 134 cm³/mol. The van der Waals surface area contributed by atoms with E-state index in [-0.39, 0.29) is 36.7 Å². The third-order valence-electron chi connectivity index (χ3n) is 6.53. The van der Waals surface area contributed by atoms with Crippen molar-refractivity contribution in [2.45, 2.75) is 65.1 Å². The molecule has 8 nitrogen and oxygen atoms in total. The molecule has 1 aliphatic rings. The van der Waals surface area contributed by atoms with E-state index in [1.165, 1.54) is 4.90 Å². The topological polar surface area (TPSA) is 109 Å². The third-order valence-corrected chi connectivity index (χ3v) is 7.50. The SMILES string of the molecule is Cc1cc(C(C(=O)N2C[C@H](O)CC2C(=O)N[C@@H](C)c2ccc(-c3scnc3C)cc2)C(C)C)on1. The summed E-state index contributed by atoms with van der Waals surface area (Å²) in [5.74, 6) is -0.661. The quantitative estimate of drug-likeness (QED) is 0.512. The van der Waals surface area contributed by atoms with Crippen molar-refractivity contribution in [1.82, 2.24) is 20.4 Å². The molecule has 0 radical (unpaired) electrons. The molecule has 9 heteroatoms. The Hall–Kier alpha value is -3.04. The fraction of sp³-hybridized carbons (Fsp3) is 0.462. The summed E-state index contributed by atoms with van der Waals surface area (Å²) >= 11 is 1.60. The normalized spacial score (nSPS) is 19.7. The minimum atomic E-state index is -0.754. The van der Waals surface area contributed by atoms with Gasteiger partial charge in [0.25, 0.3) is 0 Å². The number of nitrogens with zero attached hydrogens (tertiary/aromatic N) is 3. The second-order valence-corrected chi connectivity index (χ2v) is 10.5. The fourth-order valence-electron chi connectivity index (χ4n) is 4.64. The molecular weight excluding hydrogens is 464 g/mol. The van der Waals surface area contributed by atoms with Crippen LogP contribution in [0.3, 0.4) is 0 Å². The Labute approximate surface area is 209 Å². The molecule has 35 heavy (non-hydrogen) atoms. The van der Waals surface area contributed by atoms with Crippen molar-refractivity contribution in [2.75, 3.05) is 6.54 Å². The van der Waals surface area contributed by atoms with Crippen molar-refractivity contribution < 1.29 is 19.2 Å². The van der Waals surface area contributed by atoms with Gasteiger partial charge in [-0.1, -0.05) is 43.3 Å². The lowest BCUT2D eigenvalue weighted by Crippen LogP contribution is -2.48. The van der Waals surface area contributed by atoms with Gasteiger partial charge >= 0.3 is 0 Å². The highest BCUT2D eigenvalue weighted by molar-refractivity contribution is 7.13. The molecule has 0 bridgehead atoms. The van der Waals surface area contributed by atoms with Crippen molar-refractivity contribution in [1.29, 1.82) is 0 Å². The molecule has 4 atom stereocenters. The molecule has 1 saturated heterocycles. The monoisotopic (exact) mass is 496 g/mol. The molecule has 1 fully saturated rings. The highest BCUT2D eigenvalue weighted by Crippen LogP contribution is 2.32. The van der Waals surface area contributed by atoms with Crippen LogP contribution < -0.4 is 5.32 Å². The van der Waals surface area contributed by atoms with Gasteiger partial charge in [0.15, 0.2) is 0 Å². The number of rotatable bonds is 7. The van der Waals surface area contributed by atoms with Gasteiger partial charge < -0.3 is 19.8 Å². The first-order valence-corrected chi connectivity index (χ1v) is 12.8. The number of nitrogens with one attached hydrogen (secondary N) is 1. The molecule has 3 aromatic rings. The highest BCUT2D eigenvalue weighted by Gasteiger charge is 2.43. The molecule has 1 aliphatic heterocycles. The number of amides is 2. The average molecular weight is 497 g/mol. The number of aryl methyl sites for hydroxylation is 2. The number of aliphatic hydroxyl groups excluding tert-OH is 1. The van der Waals surface area contributed by atoms with Gasteiger partial charge in [0.2, 0.25) is 11.8 Å². The molecule has 0 saturated carbocycles. The summed E-state index contributed by atoms with van der Waals surface area (Å²) in [5, 5.41) is 17.3. The van der Waals surface area contributed by atoms with Gasteiger partial charge in [-0.15, -0.1) is 11.3 Å². The Morgan fingerprint density at radius 1 is 1.20 bits per heavy atom. The number of thiazole rings is 1. The summed E-state index contributed by atoms with van der Waals surface area (Å²) in [5.41, 5.74) is 5.56. The van der Waals surface area contributed by atoms with E-state index < -0.39 is 18.1 Å². The summed E-state index contributed by atoms with van der Waals surface area (Å²) < 4.78 is 5.39. The van der Waals surface area contributed by atoms with E-state index in [4.69, 9.17) is 4.52 Å². The number of aromatic nitrogens is 2. The minimum Gasteiger partial charge on any atom is -0.391 e. The van der Waals surface area contributed by atoms with Gasteiger partial charge in [-0.3, -0.25) is 9.59 Å². The number of carbonyl (C=O) groups is 2. The number of benzene rings is 1. The van der Waals surface area contributed by atoms with Crippen molar-refractivity contribution in [2.24, 2.45) is 5.92 Å². The van der Waals surface area contributed by atoms with Crippen molar-refractivity contribution in [3.63, 3.8) is 0 Å². The zero-order valence-corrected chi connectivity index (χ0v) is 21.5. The van der Waals surface area contributed by atoms with Crippen LogP contribution in [0, 0.1) is 19.8 Å². The van der Waals surface area contributed by atoms with Crippen molar-refractivity contribution >= 4 is 23.2 Å². The zero-order chi connectivity index (χ0) is 25.3. The summed E-state index contributed by atoms with van der Waals surface area (Å²) in [6, 6.07) is 8.79. The molecule has 2 N–H and O–H groups in total. The van der Waals surface area contributed by atoms with Crippen LogP contribution in [-0.2, 0) is 9.59 Å². The maximum atomic E-state index is 13.5. The Kier molecular flexibility index (Phi) is 7.37. The summed E-state index contributed by atoms with van der Waals surface area (Å²) in [6.45, 7) is 9.68. The first-order chi connectivity index (χ1) is 16.7. The van der Waals surface area contributed by atoms with Crippen LogP contribution in [0.4, 0.5) is 0 Å².